The molecule has 0 radical (unpaired) electrons. The molecule has 1 atom stereocenters. The van der Waals surface area contributed by atoms with Gasteiger partial charge in [0.05, 0.1) is 11.4 Å². The molecule has 0 saturated heterocycles. The molecule has 104 valence electrons. The fraction of sp³-hybridized carbons (Fsp3) is 1.00. The molecule has 7 heteroatoms. The van der Waals surface area contributed by atoms with Crippen LogP contribution in [0.2, 0.25) is 0 Å². The van der Waals surface area contributed by atoms with Crippen molar-refractivity contribution in [3.63, 3.8) is 0 Å². The lowest BCUT2D eigenvalue weighted by Crippen LogP contribution is -2.47. The van der Waals surface area contributed by atoms with Crippen LogP contribution in [0.4, 0.5) is 0 Å². The number of unbranched alkanes of at least 4 members (excludes halogenated alkanes) is 1. The number of rotatable bonds is 9. The first-order chi connectivity index (χ1) is 7.68. The maximum atomic E-state index is 11.6. The van der Waals surface area contributed by atoms with Crippen LogP contribution in [-0.2, 0) is 10.0 Å². The van der Waals surface area contributed by atoms with Gasteiger partial charge in [0.25, 0.3) is 0 Å². The predicted molar refractivity (Wildman–Crippen MR) is 70.9 cm³/mol. The molecule has 0 aliphatic heterocycles. The van der Waals surface area contributed by atoms with Crippen molar-refractivity contribution >= 4 is 21.6 Å². The van der Waals surface area contributed by atoms with Crippen LogP contribution in [0, 0.1) is 0 Å². The van der Waals surface area contributed by atoms with Gasteiger partial charge in [0.1, 0.15) is 0 Å². The van der Waals surface area contributed by atoms with Crippen LogP contribution in [0.15, 0.2) is 0 Å². The number of nitrogens with zero attached hydrogens (tertiary/aromatic N) is 1. The van der Waals surface area contributed by atoms with Gasteiger partial charge >= 0.3 is 0 Å². The van der Waals surface area contributed by atoms with Crippen LogP contribution in [-0.4, -0.2) is 62.8 Å². The quantitative estimate of drug-likeness (QED) is 0.470. The van der Waals surface area contributed by atoms with Gasteiger partial charge in [-0.2, -0.15) is 0 Å². The van der Waals surface area contributed by atoms with Crippen molar-refractivity contribution < 1.29 is 13.5 Å². The standard InChI is InChI=1S/C10H23ClN2O3S/c1-10(14,9-13(2)3)8-12-17(15,16)7-5-4-6-11/h12,14H,4-9H2,1-3H3. The molecule has 0 spiro atoms. The highest BCUT2D eigenvalue weighted by molar-refractivity contribution is 7.89. The van der Waals surface area contributed by atoms with Crippen molar-refractivity contribution in [3.8, 4) is 0 Å². The summed E-state index contributed by atoms with van der Waals surface area (Å²) < 4.78 is 25.5. The maximum Gasteiger partial charge on any atom is 0.211 e. The van der Waals surface area contributed by atoms with Crippen molar-refractivity contribution in [1.29, 1.82) is 0 Å². The lowest BCUT2D eigenvalue weighted by molar-refractivity contribution is 0.0386. The highest BCUT2D eigenvalue weighted by atomic mass is 35.5. The van der Waals surface area contributed by atoms with E-state index in [1.165, 1.54) is 0 Å². The number of halogens is 1. The fourth-order valence-electron chi connectivity index (χ4n) is 1.46. The van der Waals surface area contributed by atoms with Gasteiger partial charge in [-0.3, -0.25) is 0 Å². The third-order valence-electron chi connectivity index (χ3n) is 2.13. The third kappa shape index (κ3) is 9.79. The van der Waals surface area contributed by atoms with Crippen molar-refractivity contribution in [3.05, 3.63) is 0 Å². The second-order valence-corrected chi connectivity index (χ2v) is 7.08. The molecule has 0 aromatic heterocycles. The molecular formula is C10H23ClN2O3S. The number of alkyl halides is 1. The minimum atomic E-state index is -3.31. The van der Waals surface area contributed by atoms with E-state index in [1.807, 2.05) is 19.0 Å². The van der Waals surface area contributed by atoms with Gasteiger partial charge in [0.2, 0.25) is 10.0 Å². The predicted octanol–water partition coefficient (Wildman–Crippen LogP) is 0.237. The Labute approximate surface area is 109 Å². The number of hydrogen-bond acceptors (Lipinski definition) is 4. The molecule has 17 heavy (non-hydrogen) atoms. The Bertz CT molecular complexity index is 305. The molecule has 5 nitrogen and oxygen atoms in total. The Balaban J connectivity index is 4.08. The fourth-order valence-corrected chi connectivity index (χ4v) is 2.91. The summed E-state index contributed by atoms with van der Waals surface area (Å²) in [5.41, 5.74) is -1.07. The molecule has 2 N–H and O–H groups in total. The summed E-state index contributed by atoms with van der Waals surface area (Å²) in [7, 11) is 0.336. The molecular weight excluding hydrogens is 264 g/mol. The van der Waals surface area contributed by atoms with Gasteiger partial charge in [-0.15, -0.1) is 11.6 Å². The lowest BCUT2D eigenvalue weighted by Gasteiger charge is -2.27. The van der Waals surface area contributed by atoms with E-state index in [2.05, 4.69) is 4.72 Å². The minimum absolute atomic E-state index is 0.0222. The second kappa shape index (κ2) is 7.53. The second-order valence-electron chi connectivity index (χ2n) is 4.77. The zero-order chi connectivity index (χ0) is 13.5. The molecule has 0 aliphatic rings. The Kier molecular flexibility index (Phi) is 7.58. The number of sulfonamides is 1. The molecule has 0 fully saturated rings. The van der Waals surface area contributed by atoms with E-state index in [0.717, 1.165) is 0 Å². The van der Waals surface area contributed by atoms with E-state index >= 15 is 0 Å². The van der Waals surface area contributed by atoms with E-state index in [-0.39, 0.29) is 12.3 Å². The van der Waals surface area contributed by atoms with E-state index < -0.39 is 15.6 Å². The van der Waals surface area contributed by atoms with Gasteiger partial charge < -0.3 is 10.0 Å². The average Bonchev–Trinajstić information content (AvgIpc) is 2.14. The monoisotopic (exact) mass is 286 g/mol. The van der Waals surface area contributed by atoms with Gasteiger partial charge in [-0.1, -0.05) is 0 Å². The topological polar surface area (TPSA) is 69.6 Å². The first-order valence-corrected chi connectivity index (χ1v) is 7.78. The lowest BCUT2D eigenvalue weighted by atomic mass is 10.1. The summed E-state index contributed by atoms with van der Waals surface area (Å²) in [6, 6.07) is 0. The highest BCUT2D eigenvalue weighted by Crippen LogP contribution is 2.04. The molecule has 0 heterocycles. The van der Waals surface area contributed by atoms with E-state index in [9.17, 15) is 13.5 Å². The molecule has 0 aromatic carbocycles. The zero-order valence-corrected chi connectivity index (χ0v) is 12.3. The van der Waals surface area contributed by atoms with Crippen LogP contribution >= 0.6 is 11.6 Å². The maximum absolute atomic E-state index is 11.6. The van der Waals surface area contributed by atoms with Crippen LogP contribution in [0.25, 0.3) is 0 Å². The van der Waals surface area contributed by atoms with Crippen LogP contribution in [0.5, 0.6) is 0 Å². The molecule has 0 saturated carbocycles. The van der Waals surface area contributed by atoms with E-state index in [1.54, 1.807) is 6.92 Å². The van der Waals surface area contributed by atoms with Gasteiger partial charge in [-0.25, -0.2) is 13.1 Å². The molecule has 0 aromatic rings. The normalized spacial score (nSPS) is 16.1. The number of nitrogens with one attached hydrogen (secondary N) is 1. The van der Waals surface area contributed by atoms with Crippen LogP contribution < -0.4 is 4.72 Å². The molecule has 0 amide bonds. The number of hydrogen-bond donors (Lipinski definition) is 2. The third-order valence-corrected chi connectivity index (χ3v) is 3.80. The van der Waals surface area contributed by atoms with Crippen molar-refractivity contribution in [2.24, 2.45) is 0 Å². The summed E-state index contributed by atoms with van der Waals surface area (Å²) in [4.78, 5) is 1.81. The average molecular weight is 287 g/mol. The van der Waals surface area contributed by atoms with Crippen LogP contribution in [0.1, 0.15) is 19.8 Å². The van der Waals surface area contributed by atoms with E-state index in [0.29, 0.717) is 25.3 Å². The summed E-state index contributed by atoms with van der Waals surface area (Å²) in [5, 5.41) is 9.93. The van der Waals surface area contributed by atoms with Crippen LogP contribution in [0.3, 0.4) is 0 Å². The Morgan fingerprint density at radius 2 is 1.94 bits per heavy atom. The zero-order valence-electron chi connectivity index (χ0n) is 10.7. The largest absolute Gasteiger partial charge is 0.387 e. The Hall–Kier alpha value is 0.120. The minimum Gasteiger partial charge on any atom is -0.387 e. The summed E-state index contributed by atoms with van der Waals surface area (Å²) in [6.07, 6.45) is 1.21. The van der Waals surface area contributed by atoms with Crippen molar-refractivity contribution in [2.75, 3.05) is 38.8 Å². The Morgan fingerprint density at radius 1 is 1.35 bits per heavy atom. The molecule has 0 aliphatic carbocycles. The highest BCUT2D eigenvalue weighted by Gasteiger charge is 2.23. The first kappa shape index (κ1) is 17.1. The summed E-state index contributed by atoms with van der Waals surface area (Å²) >= 11 is 5.48. The van der Waals surface area contributed by atoms with Gasteiger partial charge in [0, 0.05) is 19.0 Å². The van der Waals surface area contributed by atoms with Crippen molar-refractivity contribution in [1.82, 2.24) is 9.62 Å². The van der Waals surface area contributed by atoms with Gasteiger partial charge in [0.15, 0.2) is 0 Å². The molecule has 1 unspecified atom stereocenters. The molecule has 0 rings (SSSR count). The summed E-state index contributed by atoms with van der Waals surface area (Å²) in [5.74, 6) is 0.519. The number of likely N-dealkylation sites (N-methyl/N-ethyl adjacent to an activating group) is 1. The first-order valence-electron chi connectivity index (χ1n) is 5.59. The summed E-state index contributed by atoms with van der Waals surface area (Å²) in [6.45, 7) is 2.03. The molecule has 0 bridgehead atoms. The van der Waals surface area contributed by atoms with E-state index in [4.69, 9.17) is 11.6 Å². The van der Waals surface area contributed by atoms with Gasteiger partial charge in [-0.05, 0) is 33.9 Å². The SMILES string of the molecule is CN(C)CC(C)(O)CNS(=O)(=O)CCCCCl. The number of aliphatic hydroxyl groups is 1. The Morgan fingerprint density at radius 3 is 2.41 bits per heavy atom. The smallest absolute Gasteiger partial charge is 0.211 e. The van der Waals surface area contributed by atoms with Crippen molar-refractivity contribution in [2.45, 2.75) is 25.4 Å².